The van der Waals surface area contributed by atoms with Gasteiger partial charge in [-0.1, -0.05) is 31.0 Å². The minimum Gasteiger partial charge on any atom is -0.508 e. The van der Waals surface area contributed by atoms with Crippen LogP contribution in [0.25, 0.3) is 11.1 Å². The van der Waals surface area contributed by atoms with Gasteiger partial charge in [0.15, 0.2) is 0 Å². The fourth-order valence-corrected chi connectivity index (χ4v) is 8.09. The van der Waals surface area contributed by atoms with Gasteiger partial charge in [0.05, 0.1) is 11.2 Å². The minimum atomic E-state index is -0.325. The molecule has 1 saturated heterocycles. The van der Waals surface area contributed by atoms with Crippen molar-refractivity contribution in [3.05, 3.63) is 46.5 Å². The lowest BCUT2D eigenvalue weighted by atomic mass is 9.70. The predicted molar refractivity (Wildman–Crippen MR) is 137 cm³/mol. The van der Waals surface area contributed by atoms with Crippen LogP contribution in [0.4, 0.5) is 0 Å². The van der Waals surface area contributed by atoms with E-state index in [4.69, 9.17) is 9.31 Å². The molecule has 2 aromatic rings. The van der Waals surface area contributed by atoms with Crippen molar-refractivity contribution in [1.29, 1.82) is 0 Å². The van der Waals surface area contributed by atoms with E-state index in [1.54, 1.807) is 5.56 Å². The van der Waals surface area contributed by atoms with E-state index < -0.39 is 0 Å². The van der Waals surface area contributed by atoms with Crippen molar-refractivity contribution in [2.45, 2.75) is 109 Å². The molecule has 3 nitrogen and oxygen atoms in total. The molecular weight excluding hydrogens is 419 g/mol. The summed E-state index contributed by atoms with van der Waals surface area (Å²) in [6.07, 6.45) is 11.3. The van der Waals surface area contributed by atoms with E-state index >= 15 is 0 Å². The summed E-state index contributed by atoms with van der Waals surface area (Å²) in [5, 5.41) is 10.8. The molecule has 2 bridgehead atoms. The van der Waals surface area contributed by atoms with Gasteiger partial charge in [-0.05, 0) is 135 Å². The number of aromatic hydroxyl groups is 1. The van der Waals surface area contributed by atoms with Crippen molar-refractivity contribution in [2.24, 2.45) is 5.41 Å². The number of phenols is 1. The van der Waals surface area contributed by atoms with Crippen LogP contribution in [0, 0.1) is 5.41 Å². The maximum absolute atomic E-state index is 10.8. The van der Waals surface area contributed by atoms with Gasteiger partial charge in [0, 0.05) is 0 Å². The topological polar surface area (TPSA) is 38.7 Å². The Balaban J connectivity index is 1.36. The van der Waals surface area contributed by atoms with Crippen molar-refractivity contribution in [3.63, 3.8) is 0 Å². The fraction of sp³-hybridized carbons (Fsp3) is 0.600. The van der Waals surface area contributed by atoms with E-state index in [0.717, 1.165) is 12.8 Å². The average Bonchev–Trinajstić information content (AvgIpc) is 3.59. The molecule has 1 aliphatic heterocycles. The Morgan fingerprint density at radius 3 is 2.12 bits per heavy atom. The third-order valence-corrected chi connectivity index (χ3v) is 10.5. The smallest absolute Gasteiger partial charge is 0.495 e. The minimum absolute atomic E-state index is 0.292. The second-order valence-corrected chi connectivity index (χ2v) is 13.0. The van der Waals surface area contributed by atoms with Gasteiger partial charge in [0.1, 0.15) is 5.75 Å². The number of benzene rings is 2. The van der Waals surface area contributed by atoms with Crippen LogP contribution in [0.3, 0.4) is 0 Å². The third kappa shape index (κ3) is 2.85. The van der Waals surface area contributed by atoms with E-state index in [9.17, 15) is 5.11 Å². The SMILES string of the molecule is CC1(C)OB(c2ccc(-c3ccc(O)c4c3CC3(CCCC3)C4)c3c2C2CCC3C2)OC1(C)C. The molecule has 1 N–H and O–H groups in total. The molecule has 1 spiro atoms. The summed E-state index contributed by atoms with van der Waals surface area (Å²) in [4.78, 5) is 0. The second kappa shape index (κ2) is 6.92. The molecule has 178 valence electrons. The van der Waals surface area contributed by atoms with Crippen molar-refractivity contribution < 1.29 is 14.4 Å². The first-order valence-corrected chi connectivity index (χ1v) is 13.5. The average molecular weight is 456 g/mol. The van der Waals surface area contributed by atoms with E-state index in [0.29, 0.717) is 23.0 Å². The van der Waals surface area contributed by atoms with E-state index in [2.05, 4.69) is 45.9 Å². The fourth-order valence-electron chi connectivity index (χ4n) is 8.09. The zero-order valence-electron chi connectivity index (χ0n) is 21.2. The molecule has 2 aromatic carbocycles. The van der Waals surface area contributed by atoms with Crippen LogP contribution in [-0.2, 0) is 22.2 Å². The van der Waals surface area contributed by atoms with Crippen LogP contribution in [0.15, 0.2) is 24.3 Å². The maximum atomic E-state index is 10.8. The summed E-state index contributed by atoms with van der Waals surface area (Å²) >= 11 is 0. The van der Waals surface area contributed by atoms with Gasteiger partial charge in [-0.3, -0.25) is 0 Å². The number of hydrogen-bond donors (Lipinski definition) is 1. The zero-order chi connectivity index (χ0) is 23.5. The quantitative estimate of drug-likeness (QED) is 0.533. The van der Waals surface area contributed by atoms with Crippen LogP contribution >= 0.6 is 0 Å². The van der Waals surface area contributed by atoms with Crippen molar-refractivity contribution >= 4 is 12.6 Å². The third-order valence-electron chi connectivity index (χ3n) is 10.5. The first-order valence-electron chi connectivity index (χ1n) is 13.5. The Morgan fingerprint density at radius 1 is 0.794 bits per heavy atom. The Morgan fingerprint density at radius 2 is 1.41 bits per heavy atom. The summed E-state index contributed by atoms with van der Waals surface area (Å²) in [5.74, 6) is 1.78. The molecule has 4 aliphatic carbocycles. The van der Waals surface area contributed by atoms with Gasteiger partial charge in [0.25, 0.3) is 0 Å². The second-order valence-electron chi connectivity index (χ2n) is 13.0. The Hall–Kier alpha value is -1.78. The molecule has 2 atom stereocenters. The summed E-state index contributed by atoms with van der Waals surface area (Å²) in [5.41, 5.74) is 9.51. The molecule has 0 amide bonds. The summed E-state index contributed by atoms with van der Waals surface area (Å²) in [7, 11) is -0.292. The summed E-state index contributed by atoms with van der Waals surface area (Å²) in [6, 6.07) is 8.82. The highest BCUT2D eigenvalue weighted by molar-refractivity contribution is 6.62. The number of hydrogen-bond acceptors (Lipinski definition) is 3. The first-order chi connectivity index (χ1) is 16.2. The lowest BCUT2D eigenvalue weighted by molar-refractivity contribution is 0.00578. The number of fused-ring (bicyclic) bond motifs is 6. The molecular formula is C30H37BO3. The molecule has 2 saturated carbocycles. The standard InChI is InChI=1S/C30H37BO3/c1-28(2)29(3,4)34-31(33-28)24-11-9-21(26-18-7-8-19(15-18)27(24)26)20-10-12-25(32)23-17-30(16-22(20)23)13-5-6-14-30/h9-12,18-19,32H,5-8,13-17H2,1-4H3. The molecule has 1 heterocycles. The lowest BCUT2D eigenvalue weighted by Crippen LogP contribution is -2.41. The first kappa shape index (κ1) is 21.5. The predicted octanol–water partition coefficient (Wildman–Crippen LogP) is 6.38. The van der Waals surface area contributed by atoms with Crippen molar-refractivity contribution in [1.82, 2.24) is 0 Å². The van der Waals surface area contributed by atoms with Gasteiger partial charge in [-0.25, -0.2) is 0 Å². The monoisotopic (exact) mass is 456 g/mol. The number of phenolic OH excluding ortho intramolecular Hbond substituents is 1. The molecule has 4 heteroatoms. The van der Waals surface area contributed by atoms with Crippen molar-refractivity contribution in [2.75, 3.05) is 0 Å². The normalized spacial score (nSPS) is 29.2. The van der Waals surface area contributed by atoms with Crippen LogP contribution in [0.2, 0.25) is 0 Å². The van der Waals surface area contributed by atoms with E-state index in [-0.39, 0.29) is 18.3 Å². The van der Waals surface area contributed by atoms with Crippen LogP contribution in [0.5, 0.6) is 5.75 Å². The molecule has 0 radical (unpaired) electrons. The lowest BCUT2D eigenvalue weighted by Gasteiger charge is -2.32. The molecule has 7 rings (SSSR count). The largest absolute Gasteiger partial charge is 0.508 e. The Kier molecular flexibility index (Phi) is 4.37. The Bertz CT molecular complexity index is 1170. The van der Waals surface area contributed by atoms with Gasteiger partial charge < -0.3 is 14.4 Å². The van der Waals surface area contributed by atoms with Gasteiger partial charge >= 0.3 is 7.12 Å². The van der Waals surface area contributed by atoms with E-state index in [1.807, 2.05) is 6.07 Å². The van der Waals surface area contributed by atoms with Crippen molar-refractivity contribution in [3.8, 4) is 16.9 Å². The summed E-state index contributed by atoms with van der Waals surface area (Å²) in [6.45, 7) is 8.58. The highest BCUT2D eigenvalue weighted by Gasteiger charge is 2.54. The molecule has 5 aliphatic rings. The Labute approximate surface area is 204 Å². The van der Waals surface area contributed by atoms with Gasteiger partial charge in [-0.15, -0.1) is 0 Å². The highest BCUT2D eigenvalue weighted by atomic mass is 16.7. The van der Waals surface area contributed by atoms with Crippen LogP contribution in [-0.4, -0.2) is 23.4 Å². The molecule has 34 heavy (non-hydrogen) atoms. The molecule has 2 unspecified atom stereocenters. The van der Waals surface area contributed by atoms with Gasteiger partial charge in [-0.2, -0.15) is 0 Å². The van der Waals surface area contributed by atoms with Crippen LogP contribution < -0.4 is 5.46 Å². The summed E-state index contributed by atoms with van der Waals surface area (Å²) < 4.78 is 13.1. The molecule has 3 fully saturated rings. The maximum Gasteiger partial charge on any atom is 0.495 e. The zero-order valence-corrected chi connectivity index (χ0v) is 21.2. The molecule has 0 aromatic heterocycles. The van der Waals surface area contributed by atoms with Crippen LogP contribution in [0.1, 0.15) is 107 Å². The van der Waals surface area contributed by atoms with Gasteiger partial charge in [0.2, 0.25) is 0 Å². The van der Waals surface area contributed by atoms with E-state index in [1.165, 1.54) is 78.2 Å². The highest BCUT2D eigenvalue weighted by Crippen LogP contribution is 2.58. The number of rotatable bonds is 2.